The van der Waals surface area contributed by atoms with Crippen molar-refractivity contribution in [2.75, 3.05) is 45.9 Å². The van der Waals surface area contributed by atoms with Crippen LogP contribution in [0.1, 0.15) is 90.5 Å². The number of carbonyl (C=O) groups is 4. The lowest BCUT2D eigenvalue weighted by atomic mass is 9.80. The van der Waals surface area contributed by atoms with Crippen molar-refractivity contribution >= 4 is 60.6 Å². The average molecular weight is 1190 g/mol. The molecule has 0 aliphatic carbocycles. The number of methoxy groups -OCH3 is 2. The van der Waals surface area contributed by atoms with Crippen LogP contribution < -0.4 is 36.9 Å². The Balaban J connectivity index is 1.04. The molecule has 440 valence electrons. The molecular formula is C57H60N9O16PS. The summed E-state index contributed by atoms with van der Waals surface area (Å²) in [7, 11) is 0.677. The summed E-state index contributed by atoms with van der Waals surface area (Å²) in [6.07, 6.45) is -3.89. The van der Waals surface area contributed by atoms with Gasteiger partial charge in [-0.25, -0.2) is 9.78 Å². The lowest BCUT2D eigenvalue weighted by Crippen LogP contribution is -2.38. The normalized spacial score (nSPS) is 18.9. The number of hydrogen-bond acceptors (Lipinski definition) is 20. The van der Waals surface area contributed by atoms with Crippen molar-refractivity contribution in [1.82, 2.24) is 34.4 Å². The van der Waals surface area contributed by atoms with Crippen LogP contribution in [0.15, 0.2) is 123 Å². The van der Waals surface area contributed by atoms with Crippen LogP contribution in [-0.4, -0.2) is 118 Å². The number of nitrogens with one attached hydrogen (secondary N) is 4. The van der Waals surface area contributed by atoms with Gasteiger partial charge in [-0.15, -0.1) is 0 Å². The number of carbonyl (C=O) groups excluding carboxylic acids is 4. The summed E-state index contributed by atoms with van der Waals surface area (Å²) in [5.41, 5.74) is -0.532. The summed E-state index contributed by atoms with van der Waals surface area (Å²) in [6.45, 7) is 2.18. The fraction of sp³-hybridized carbons (Fsp3) is 0.368. The van der Waals surface area contributed by atoms with Crippen LogP contribution in [0.3, 0.4) is 0 Å². The number of esters is 1. The number of nitrogens with zero attached hydrogens (tertiary/aromatic N) is 5. The third-order valence-electron chi connectivity index (χ3n) is 13.8. The number of thiophene rings is 1. The molecule has 0 bridgehead atoms. The number of rotatable bonds is 27. The Bertz CT molecular complexity index is 3600. The van der Waals surface area contributed by atoms with Gasteiger partial charge in [0.1, 0.15) is 53.7 Å². The maximum Gasteiger partial charge on any atom is 0.333 e. The number of H-pyrrole nitrogens is 2. The average Bonchev–Trinajstić information content (AvgIpc) is 1.34. The Morgan fingerprint density at radius 1 is 0.821 bits per heavy atom. The van der Waals surface area contributed by atoms with Crippen molar-refractivity contribution in [3.63, 3.8) is 0 Å². The molecule has 0 saturated carbocycles. The van der Waals surface area contributed by atoms with Gasteiger partial charge in [-0.3, -0.25) is 48.4 Å². The Morgan fingerprint density at radius 2 is 1.49 bits per heavy atom. The predicted molar refractivity (Wildman–Crippen MR) is 303 cm³/mol. The minimum Gasteiger partial charge on any atom is -0.497 e. The van der Waals surface area contributed by atoms with E-state index < -0.39 is 79.8 Å². The minimum absolute atomic E-state index is 0.00290. The second-order valence-electron chi connectivity index (χ2n) is 19.5. The molecule has 6 heterocycles. The molecule has 9 rings (SSSR count). The van der Waals surface area contributed by atoms with E-state index in [4.69, 9.17) is 42.0 Å². The van der Waals surface area contributed by atoms with Crippen molar-refractivity contribution in [1.29, 1.82) is 5.26 Å². The zero-order valence-corrected chi connectivity index (χ0v) is 47.8. The molecular weight excluding hydrogens is 1130 g/mol. The number of ether oxygens (including phenoxy) is 6. The quantitative estimate of drug-likeness (QED) is 0.0192. The Hall–Kier alpha value is -8.25. The third kappa shape index (κ3) is 14.4. The van der Waals surface area contributed by atoms with E-state index in [-0.39, 0.29) is 99.3 Å². The summed E-state index contributed by atoms with van der Waals surface area (Å²) in [5.74, 6) is -0.788. The number of anilines is 1. The Morgan fingerprint density at radius 3 is 2.14 bits per heavy atom. The highest BCUT2D eigenvalue weighted by Gasteiger charge is 2.46. The first kappa shape index (κ1) is 60.3. The number of ketones is 1. The number of nitriles is 1. The number of aromatic nitrogens is 6. The highest BCUT2D eigenvalue weighted by molar-refractivity contribution is 7.41. The van der Waals surface area contributed by atoms with Crippen molar-refractivity contribution in [2.24, 2.45) is 0 Å². The van der Waals surface area contributed by atoms with E-state index in [1.807, 2.05) is 78.9 Å². The number of benzene rings is 3. The first-order chi connectivity index (χ1) is 40.6. The minimum atomic E-state index is -2.46. The van der Waals surface area contributed by atoms with Crippen LogP contribution in [0.4, 0.5) is 5.95 Å². The molecule has 3 unspecified atom stereocenters. The summed E-state index contributed by atoms with van der Waals surface area (Å²) in [6, 6.07) is 28.2. The molecule has 3 aromatic carbocycles. The molecule has 4 N–H and O–H groups in total. The molecule has 2 aliphatic rings. The van der Waals surface area contributed by atoms with Crippen LogP contribution in [-0.2, 0) is 52.5 Å². The molecule has 7 atom stereocenters. The topological polar surface area (TPSA) is 318 Å². The van der Waals surface area contributed by atoms with Crippen molar-refractivity contribution < 1.29 is 61.2 Å². The van der Waals surface area contributed by atoms with Gasteiger partial charge in [-0.1, -0.05) is 54.6 Å². The van der Waals surface area contributed by atoms with Gasteiger partial charge < -0.3 is 52.1 Å². The van der Waals surface area contributed by atoms with Gasteiger partial charge in [0.25, 0.3) is 17.0 Å². The van der Waals surface area contributed by atoms with Gasteiger partial charge >= 0.3 is 20.3 Å². The maximum atomic E-state index is 13.6. The zero-order chi connectivity index (χ0) is 59.3. The molecule has 2 amide bonds. The van der Waals surface area contributed by atoms with Crippen LogP contribution in [0, 0.1) is 18.3 Å². The summed E-state index contributed by atoms with van der Waals surface area (Å²) in [5, 5.41) is 18.4. The second-order valence-corrected chi connectivity index (χ2v) is 21.4. The summed E-state index contributed by atoms with van der Waals surface area (Å²) in [4.78, 5) is 103. The molecule has 25 nitrogen and oxygen atoms in total. The first-order valence-corrected chi connectivity index (χ1v) is 28.7. The molecule has 2 saturated heterocycles. The number of imidazole rings is 1. The molecule has 27 heteroatoms. The van der Waals surface area contributed by atoms with E-state index in [1.54, 1.807) is 31.0 Å². The fourth-order valence-electron chi connectivity index (χ4n) is 9.55. The Kier molecular flexibility index (Phi) is 20.0. The Labute approximate surface area is 485 Å². The molecule has 7 aromatic rings. The number of Topliss-reactive ketones (excluding diaryl/α,β-unsaturated/α-hetero) is 1. The van der Waals surface area contributed by atoms with Crippen molar-refractivity contribution in [2.45, 2.75) is 94.8 Å². The number of amides is 2. The first-order valence-electron chi connectivity index (χ1n) is 26.6. The molecule has 2 fully saturated rings. The number of aromatic amines is 2. The van der Waals surface area contributed by atoms with Crippen LogP contribution >= 0.6 is 19.9 Å². The lowest BCUT2D eigenvalue weighted by Gasteiger charge is -2.37. The van der Waals surface area contributed by atoms with E-state index in [2.05, 4.69) is 36.6 Å². The van der Waals surface area contributed by atoms with Crippen molar-refractivity contribution in [3.05, 3.63) is 167 Å². The van der Waals surface area contributed by atoms with E-state index in [0.717, 1.165) is 5.56 Å². The van der Waals surface area contributed by atoms with E-state index in [9.17, 15) is 38.8 Å². The van der Waals surface area contributed by atoms with Crippen LogP contribution in [0.25, 0.3) is 11.2 Å². The van der Waals surface area contributed by atoms with E-state index in [1.165, 1.54) is 46.8 Å². The van der Waals surface area contributed by atoms with E-state index in [0.29, 0.717) is 28.2 Å². The standard InChI is InChI=1S/C57H60N9O16PS/c1-34-29-65(56(73)64-52(34)70)47-27-42(81-49(69)20-11-35(2)67)45(80-47)31-78-83(77-25-8-23-58)82-43-28-48(66-33-60-50-51(66)62-55(63-54(50)72)61-46(68)21-24-59-53(71)36-22-26-84-32-36)79-44(43)30-76-57(37-9-6-5-7-10-37,38-12-16-40(74-3)17-13-38)39-14-18-41(75-4)19-15-39/h5-7,9-10,12-19,22,26,29,32-33,42-45,47-48H,8,11,20-21,24-25,27-28,30-31H2,1-4H3,(H,59,71)(H,64,70,73)(H2,61,62,63,68,72)/t42?,43?,44-,45-,47-,48-,83?/m1/s1. The zero-order valence-electron chi connectivity index (χ0n) is 46.1. The fourth-order valence-corrected chi connectivity index (χ4v) is 11.3. The molecule has 84 heavy (non-hydrogen) atoms. The molecule has 0 spiro atoms. The second kappa shape index (κ2) is 27.9. The smallest absolute Gasteiger partial charge is 0.333 e. The summed E-state index contributed by atoms with van der Waals surface area (Å²) >= 11 is 1.36. The van der Waals surface area contributed by atoms with Gasteiger partial charge in [-0.05, 0) is 66.2 Å². The highest BCUT2D eigenvalue weighted by atomic mass is 32.1. The van der Waals surface area contributed by atoms with E-state index >= 15 is 0 Å². The maximum absolute atomic E-state index is 13.6. The molecule has 4 aromatic heterocycles. The van der Waals surface area contributed by atoms with Crippen LogP contribution in [0.5, 0.6) is 11.5 Å². The van der Waals surface area contributed by atoms with Crippen LogP contribution in [0.2, 0.25) is 0 Å². The monoisotopic (exact) mass is 1190 g/mol. The van der Waals surface area contributed by atoms with Gasteiger partial charge in [0, 0.05) is 54.9 Å². The predicted octanol–water partition coefficient (Wildman–Crippen LogP) is 6.24. The number of aryl methyl sites for hydroxylation is 1. The lowest BCUT2D eigenvalue weighted by molar-refractivity contribution is -0.153. The molecule has 0 radical (unpaired) electrons. The molecule has 2 aliphatic heterocycles. The summed E-state index contributed by atoms with van der Waals surface area (Å²) < 4.78 is 59.6. The van der Waals surface area contributed by atoms with Gasteiger partial charge in [0.2, 0.25) is 11.9 Å². The van der Waals surface area contributed by atoms with Gasteiger partial charge in [0.15, 0.2) is 11.2 Å². The highest BCUT2D eigenvalue weighted by Crippen LogP contribution is 2.49. The number of hydrogen-bond donors (Lipinski definition) is 4. The SMILES string of the molecule is COc1ccc(C(OC[C@H]2O[C@@H](n3cnc4c(=O)[nH]c(NC(=O)CCNC(=O)c5ccsc5)nc43)CC2OP(OCCC#N)OC[C@H]2O[C@@H](n3cc(C)c(=O)[nH]c3=O)CC2OC(=O)CCC(C)=O)(c2ccccc2)c2ccc(OC)cc2)cc1. The third-order valence-corrected chi connectivity index (χ3v) is 15.7. The van der Waals surface area contributed by atoms with Gasteiger partial charge in [-0.2, -0.15) is 21.6 Å². The number of fused-ring (bicyclic) bond motifs is 1. The largest absolute Gasteiger partial charge is 0.497 e. The van der Waals surface area contributed by atoms with Gasteiger partial charge in [0.05, 0.1) is 65.4 Å². The van der Waals surface area contributed by atoms with Crippen molar-refractivity contribution in [3.8, 4) is 17.6 Å².